The first-order valence-electron chi connectivity index (χ1n) is 4.02. The molecule has 0 aromatic carbocycles. The van der Waals surface area contributed by atoms with Crippen molar-refractivity contribution in [2.45, 2.75) is 13.5 Å². The van der Waals surface area contributed by atoms with Gasteiger partial charge in [-0.15, -0.1) is 23.7 Å². The van der Waals surface area contributed by atoms with Crippen LogP contribution in [0.25, 0.3) is 10.6 Å². The fraction of sp³-hybridized carbons (Fsp3) is 0.222. The lowest BCUT2D eigenvalue weighted by atomic mass is 10.2. The predicted octanol–water partition coefficient (Wildman–Crippen LogP) is 2.59. The molecule has 0 fully saturated rings. The molecule has 0 aliphatic carbocycles. The SMILES string of the molecule is Cc1onc(-c2cccs2)c1CN.Cl. The quantitative estimate of drug-likeness (QED) is 0.863. The van der Waals surface area contributed by atoms with E-state index in [9.17, 15) is 0 Å². The molecule has 76 valence electrons. The van der Waals surface area contributed by atoms with Crippen molar-refractivity contribution in [1.29, 1.82) is 0 Å². The van der Waals surface area contributed by atoms with Gasteiger partial charge in [0, 0.05) is 12.1 Å². The van der Waals surface area contributed by atoms with Gasteiger partial charge in [-0.1, -0.05) is 11.2 Å². The largest absolute Gasteiger partial charge is 0.361 e. The highest BCUT2D eigenvalue weighted by Crippen LogP contribution is 2.28. The lowest BCUT2D eigenvalue weighted by Gasteiger charge is -1.94. The molecule has 0 unspecified atom stereocenters. The van der Waals surface area contributed by atoms with E-state index in [1.54, 1.807) is 11.3 Å². The monoisotopic (exact) mass is 230 g/mol. The normalized spacial score (nSPS) is 9.86. The van der Waals surface area contributed by atoms with Gasteiger partial charge >= 0.3 is 0 Å². The van der Waals surface area contributed by atoms with Gasteiger partial charge in [0.25, 0.3) is 0 Å². The second-order valence-electron chi connectivity index (χ2n) is 2.75. The minimum atomic E-state index is 0. The number of nitrogens with two attached hydrogens (primary N) is 1. The van der Waals surface area contributed by atoms with Crippen molar-refractivity contribution in [3.8, 4) is 10.6 Å². The molecule has 2 rings (SSSR count). The van der Waals surface area contributed by atoms with E-state index in [2.05, 4.69) is 5.16 Å². The van der Waals surface area contributed by atoms with Crippen molar-refractivity contribution >= 4 is 23.7 Å². The van der Waals surface area contributed by atoms with Gasteiger partial charge in [0.05, 0.1) is 4.88 Å². The third-order valence-corrected chi connectivity index (χ3v) is 2.82. The minimum Gasteiger partial charge on any atom is -0.361 e. The van der Waals surface area contributed by atoms with E-state index >= 15 is 0 Å². The van der Waals surface area contributed by atoms with Gasteiger partial charge in [0.15, 0.2) is 0 Å². The Morgan fingerprint density at radius 1 is 1.57 bits per heavy atom. The molecule has 2 N–H and O–H groups in total. The number of nitrogens with zero attached hydrogens (tertiary/aromatic N) is 1. The molecule has 0 saturated carbocycles. The van der Waals surface area contributed by atoms with E-state index in [1.165, 1.54) is 0 Å². The van der Waals surface area contributed by atoms with Gasteiger partial charge in [0.2, 0.25) is 0 Å². The summed E-state index contributed by atoms with van der Waals surface area (Å²) < 4.78 is 5.09. The molecule has 0 radical (unpaired) electrons. The Bertz CT molecular complexity index is 397. The average Bonchev–Trinajstić information content (AvgIpc) is 2.71. The first-order valence-corrected chi connectivity index (χ1v) is 4.90. The summed E-state index contributed by atoms with van der Waals surface area (Å²) in [6.45, 7) is 2.36. The minimum absolute atomic E-state index is 0. The molecule has 5 heteroatoms. The van der Waals surface area contributed by atoms with Crippen LogP contribution in [0.3, 0.4) is 0 Å². The summed E-state index contributed by atoms with van der Waals surface area (Å²) in [6, 6.07) is 4.01. The van der Waals surface area contributed by atoms with Crippen LogP contribution in [0.5, 0.6) is 0 Å². The summed E-state index contributed by atoms with van der Waals surface area (Å²) in [5, 5.41) is 6.00. The van der Waals surface area contributed by atoms with Crippen LogP contribution in [0, 0.1) is 6.92 Å². The van der Waals surface area contributed by atoms with Gasteiger partial charge in [-0.3, -0.25) is 0 Å². The van der Waals surface area contributed by atoms with Gasteiger partial charge in [-0.25, -0.2) is 0 Å². The summed E-state index contributed by atoms with van der Waals surface area (Å²) in [5.74, 6) is 0.811. The molecular formula is C9H11ClN2OS. The number of thiophene rings is 1. The topological polar surface area (TPSA) is 52.0 Å². The molecule has 2 aromatic heterocycles. The van der Waals surface area contributed by atoms with Gasteiger partial charge in [-0.05, 0) is 18.4 Å². The second-order valence-corrected chi connectivity index (χ2v) is 3.70. The van der Waals surface area contributed by atoms with Crippen molar-refractivity contribution in [1.82, 2.24) is 5.16 Å². The maximum absolute atomic E-state index is 5.61. The van der Waals surface area contributed by atoms with Gasteiger partial charge < -0.3 is 10.3 Å². The average molecular weight is 231 g/mol. The number of halogens is 1. The smallest absolute Gasteiger partial charge is 0.138 e. The van der Waals surface area contributed by atoms with E-state index in [1.807, 2.05) is 24.4 Å². The van der Waals surface area contributed by atoms with Crippen LogP contribution in [0.2, 0.25) is 0 Å². The Kier molecular flexibility index (Phi) is 3.69. The van der Waals surface area contributed by atoms with E-state index in [0.717, 1.165) is 21.9 Å². The Hall–Kier alpha value is -0.840. The number of hydrogen-bond donors (Lipinski definition) is 1. The van der Waals surface area contributed by atoms with E-state index in [0.29, 0.717) is 6.54 Å². The molecule has 0 bridgehead atoms. The van der Waals surface area contributed by atoms with Crippen LogP contribution >= 0.6 is 23.7 Å². The van der Waals surface area contributed by atoms with Crippen LogP contribution in [-0.2, 0) is 6.54 Å². The number of rotatable bonds is 2. The molecule has 0 aliphatic heterocycles. The molecule has 0 aliphatic rings. The maximum Gasteiger partial charge on any atom is 0.138 e. The van der Waals surface area contributed by atoms with Crippen LogP contribution in [0.1, 0.15) is 11.3 Å². The highest BCUT2D eigenvalue weighted by Gasteiger charge is 2.13. The maximum atomic E-state index is 5.61. The zero-order valence-electron chi connectivity index (χ0n) is 7.69. The first kappa shape index (κ1) is 11.2. The standard InChI is InChI=1S/C9H10N2OS.ClH/c1-6-7(5-10)9(11-12-6)8-3-2-4-13-8;/h2-4H,5,10H2,1H3;1H. The summed E-state index contributed by atoms with van der Waals surface area (Å²) >= 11 is 1.64. The van der Waals surface area contributed by atoms with Crippen LogP contribution in [-0.4, -0.2) is 5.16 Å². The first-order chi connectivity index (χ1) is 6.33. The third kappa shape index (κ3) is 1.82. The zero-order valence-corrected chi connectivity index (χ0v) is 9.32. The molecule has 0 saturated heterocycles. The van der Waals surface area contributed by atoms with E-state index in [-0.39, 0.29) is 12.4 Å². The number of aryl methyl sites for hydroxylation is 1. The molecule has 0 atom stereocenters. The Morgan fingerprint density at radius 2 is 2.36 bits per heavy atom. The van der Waals surface area contributed by atoms with Crippen molar-refractivity contribution in [3.05, 3.63) is 28.8 Å². The van der Waals surface area contributed by atoms with Crippen molar-refractivity contribution < 1.29 is 4.52 Å². The molecule has 0 amide bonds. The molecule has 14 heavy (non-hydrogen) atoms. The van der Waals surface area contributed by atoms with Crippen LogP contribution in [0.15, 0.2) is 22.0 Å². The Labute approximate surface area is 92.3 Å². The number of hydrogen-bond acceptors (Lipinski definition) is 4. The van der Waals surface area contributed by atoms with Gasteiger partial charge in [0.1, 0.15) is 11.5 Å². The fourth-order valence-corrected chi connectivity index (χ4v) is 1.97. The van der Waals surface area contributed by atoms with Crippen molar-refractivity contribution in [3.63, 3.8) is 0 Å². The lowest BCUT2D eigenvalue weighted by molar-refractivity contribution is 0.398. The highest BCUT2D eigenvalue weighted by molar-refractivity contribution is 7.13. The summed E-state index contributed by atoms with van der Waals surface area (Å²) in [6.07, 6.45) is 0. The molecule has 2 heterocycles. The Balaban J connectivity index is 0.000000980. The van der Waals surface area contributed by atoms with Crippen LogP contribution in [0.4, 0.5) is 0 Å². The fourth-order valence-electron chi connectivity index (χ4n) is 1.24. The lowest BCUT2D eigenvalue weighted by Crippen LogP contribution is -1.97. The Morgan fingerprint density at radius 3 is 2.93 bits per heavy atom. The number of aromatic nitrogens is 1. The van der Waals surface area contributed by atoms with Crippen molar-refractivity contribution in [2.75, 3.05) is 0 Å². The molecule has 3 nitrogen and oxygen atoms in total. The highest BCUT2D eigenvalue weighted by atomic mass is 35.5. The third-order valence-electron chi connectivity index (χ3n) is 1.94. The zero-order chi connectivity index (χ0) is 9.26. The van der Waals surface area contributed by atoms with Gasteiger partial charge in [-0.2, -0.15) is 0 Å². The molecule has 2 aromatic rings. The van der Waals surface area contributed by atoms with E-state index in [4.69, 9.17) is 10.3 Å². The summed E-state index contributed by atoms with van der Waals surface area (Å²) in [7, 11) is 0. The molecular weight excluding hydrogens is 220 g/mol. The predicted molar refractivity (Wildman–Crippen MR) is 59.7 cm³/mol. The van der Waals surface area contributed by atoms with Crippen LogP contribution < -0.4 is 5.73 Å². The second kappa shape index (κ2) is 4.59. The summed E-state index contributed by atoms with van der Waals surface area (Å²) in [4.78, 5) is 1.11. The molecule has 0 spiro atoms. The summed E-state index contributed by atoms with van der Waals surface area (Å²) in [5.41, 5.74) is 7.49. The van der Waals surface area contributed by atoms with Crippen molar-refractivity contribution in [2.24, 2.45) is 5.73 Å². The van der Waals surface area contributed by atoms with E-state index < -0.39 is 0 Å².